The quantitative estimate of drug-likeness (QED) is 0.0372. The number of ether oxygens (including phenoxy) is 2. The summed E-state index contributed by atoms with van der Waals surface area (Å²) >= 11 is 0. The van der Waals surface area contributed by atoms with Crippen molar-refractivity contribution in [3.63, 3.8) is 0 Å². The molecule has 11 nitrogen and oxygen atoms in total. The fourth-order valence-corrected chi connectivity index (χ4v) is 6.01. The number of halogens is 5. The molecule has 2 aromatic carbocycles. The van der Waals surface area contributed by atoms with Crippen molar-refractivity contribution in [3.05, 3.63) is 76.2 Å². The first-order valence-electron chi connectivity index (χ1n) is 17.2. The third-order valence-electron chi connectivity index (χ3n) is 8.88. The van der Waals surface area contributed by atoms with Gasteiger partial charge in [0.2, 0.25) is 46.7 Å². The average Bonchev–Trinajstić information content (AvgIpc) is 3.53. The number of nitrogen functional groups attached to an aromatic ring is 1. The molecule has 0 saturated carbocycles. The predicted octanol–water partition coefficient (Wildman–Crippen LogP) is 5.71. The Balaban J connectivity index is 1.04. The molecule has 5 rings (SSSR count). The van der Waals surface area contributed by atoms with Crippen LogP contribution in [-0.4, -0.2) is 82.1 Å². The van der Waals surface area contributed by atoms with Gasteiger partial charge in [-0.15, -0.1) is 0 Å². The summed E-state index contributed by atoms with van der Waals surface area (Å²) in [6.07, 6.45) is 4.83. The highest BCUT2D eigenvalue weighted by atomic mass is 19.2. The van der Waals surface area contributed by atoms with Crippen LogP contribution in [0.3, 0.4) is 0 Å². The lowest BCUT2D eigenvalue weighted by Crippen LogP contribution is -2.48. The number of esters is 1. The van der Waals surface area contributed by atoms with Gasteiger partial charge in [0.1, 0.15) is 5.52 Å². The number of nitrogens with zero attached hydrogens (tertiary/aromatic N) is 5. The van der Waals surface area contributed by atoms with Gasteiger partial charge < -0.3 is 30.0 Å². The van der Waals surface area contributed by atoms with E-state index in [9.17, 15) is 31.5 Å². The number of hydrogen-bond donors (Lipinski definition) is 2. The zero-order valence-corrected chi connectivity index (χ0v) is 29.1. The van der Waals surface area contributed by atoms with Gasteiger partial charge in [0.05, 0.1) is 31.6 Å². The van der Waals surface area contributed by atoms with Crippen LogP contribution in [0, 0.1) is 36.0 Å². The third kappa shape index (κ3) is 9.33. The van der Waals surface area contributed by atoms with Gasteiger partial charge >= 0.3 is 5.97 Å². The number of nitrogens with two attached hydrogens (primary N) is 1. The minimum Gasteiger partial charge on any atom is -0.420 e. The number of aryl methyl sites for hydroxylation is 1. The zero-order chi connectivity index (χ0) is 37.4. The highest BCUT2D eigenvalue weighted by Crippen LogP contribution is 2.29. The van der Waals surface area contributed by atoms with Crippen molar-refractivity contribution in [1.29, 1.82) is 0 Å². The van der Waals surface area contributed by atoms with Crippen LogP contribution in [0.5, 0.6) is 5.75 Å². The van der Waals surface area contributed by atoms with Gasteiger partial charge in [-0.3, -0.25) is 14.5 Å². The highest BCUT2D eigenvalue weighted by molar-refractivity contribution is 5.87. The molecule has 52 heavy (non-hydrogen) atoms. The number of piperazine rings is 1. The van der Waals surface area contributed by atoms with Crippen molar-refractivity contribution < 1.29 is 41.0 Å². The van der Waals surface area contributed by atoms with Crippen molar-refractivity contribution in [2.75, 3.05) is 57.0 Å². The van der Waals surface area contributed by atoms with E-state index in [1.54, 1.807) is 4.90 Å². The highest BCUT2D eigenvalue weighted by Gasteiger charge is 2.28. The molecule has 1 aliphatic rings. The van der Waals surface area contributed by atoms with E-state index in [2.05, 4.69) is 61.5 Å². The molecule has 0 aliphatic carbocycles. The van der Waals surface area contributed by atoms with Crippen LogP contribution in [0.15, 0.2) is 30.5 Å². The first kappa shape index (κ1) is 38.4. The Hall–Kier alpha value is -4.83. The molecule has 280 valence electrons. The minimum atomic E-state index is -2.36. The fourth-order valence-electron chi connectivity index (χ4n) is 6.01. The lowest BCUT2D eigenvalue weighted by atomic mass is 10.0. The largest absolute Gasteiger partial charge is 0.420 e. The first-order chi connectivity index (χ1) is 25.0. The molecular weight excluding hydrogens is 689 g/mol. The Morgan fingerprint density at radius 1 is 0.885 bits per heavy atom. The number of unbranched alkanes of at least 4 members (excludes halogenated alkanes) is 2. The van der Waals surface area contributed by atoms with E-state index in [1.807, 2.05) is 12.3 Å². The van der Waals surface area contributed by atoms with E-state index >= 15 is 0 Å². The van der Waals surface area contributed by atoms with E-state index < -0.39 is 47.2 Å². The smallest absolute Gasteiger partial charge is 0.313 e. The van der Waals surface area contributed by atoms with E-state index in [-0.39, 0.29) is 31.5 Å². The average molecular weight is 732 g/mol. The van der Waals surface area contributed by atoms with Crippen LogP contribution in [0.2, 0.25) is 0 Å². The number of benzene rings is 2. The lowest BCUT2D eigenvalue weighted by molar-refractivity contribution is -0.136. The van der Waals surface area contributed by atoms with Crippen LogP contribution in [0.4, 0.5) is 33.7 Å². The van der Waals surface area contributed by atoms with Crippen molar-refractivity contribution in [3.8, 4) is 5.75 Å². The predicted molar refractivity (Wildman–Crippen MR) is 184 cm³/mol. The molecular formula is C36H42F5N7O4. The van der Waals surface area contributed by atoms with Crippen LogP contribution < -0.4 is 15.8 Å². The number of carbonyl (C=O) groups excluding carboxylic acids is 2. The Morgan fingerprint density at radius 3 is 2.27 bits per heavy atom. The number of rotatable bonds is 16. The van der Waals surface area contributed by atoms with Crippen LogP contribution >= 0.6 is 0 Å². The Kier molecular flexibility index (Phi) is 13.0. The summed E-state index contributed by atoms with van der Waals surface area (Å²) in [6, 6.07) is 8.41. The Morgan fingerprint density at radius 2 is 1.58 bits per heavy atom. The van der Waals surface area contributed by atoms with Gasteiger partial charge in [-0.1, -0.05) is 38.0 Å². The summed E-state index contributed by atoms with van der Waals surface area (Å²) in [7, 11) is 0. The second kappa shape index (κ2) is 17.6. The Bertz CT molecular complexity index is 1870. The number of amides is 1. The number of anilines is 2. The number of aromatic nitrogens is 3. The molecule has 1 amide bonds. The molecule has 3 N–H and O–H groups in total. The zero-order valence-electron chi connectivity index (χ0n) is 29.1. The van der Waals surface area contributed by atoms with Crippen molar-refractivity contribution in [2.45, 2.75) is 59.0 Å². The molecule has 0 unspecified atom stereocenters. The van der Waals surface area contributed by atoms with Crippen LogP contribution in [-0.2, 0) is 27.4 Å². The van der Waals surface area contributed by atoms with Gasteiger partial charge in [0.15, 0.2) is 5.82 Å². The van der Waals surface area contributed by atoms with Gasteiger partial charge in [0, 0.05) is 52.0 Å². The van der Waals surface area contributed by atoms with Crippen LogP contribution in [0.25, 0.3) is 11.0 Å². The van der Waals surface area contributed by atoms with Gasteiger partial charge in [-0.05, 0) is 36.1 Å². The van der Waals surface area contributed by atoms with E-state index in [1.165, 1.54) is 11.1 Å². The summed E-state index contributed by atoms with van der Waals surface area (Å²) in [6.45, 7) is 8.58. The molecule has 1 aliphatic heterocycles. The molecule has 16 heteroatoms. The number of fused-ring (bicyclic) bond motifs is 1. The van der Waals surface area contributed by atoms with Crippen molar-refractivity contribution in [1.82, 2.24) is 24.3 Å². The SMILES string of the molecule is CCCCCNc1nc(N)nc2ccn(Cc3ccc(CN4CCN(C(=O)CCOCCC(=O)Oc5c(F)c(F)c(F)c(F)c5F)CC4)cc3C)c12. The molecule has 3 heterocycles. The molecule has 0 radical (unpaired) electrons. The lowest BCUT2D eigenvalue weighted by Gasteiger charge is -2.35. The summed E-state index contributed by atoms with van der Waals surface area (Å²) in [5.41, 5.74) is 11.2. The van der Waals surface area contributed by atoms with E-state index in [0.717, 1.165) is 54.8 Å². The maximum Gasteiger partial charge on any atom is 0.313 e. The molecule has 0 atom stereocenters. The van der Waals surface area contributed by atoms with Gasteiger partial charge in [-0.2, -0.15) is 13.8 Å². The fraction of sp³-hybridized carbons (Fsp3) is 0.444. The van der Waals surface area contributed by atoms with E-state index in [0.29, 0.717) is 32.7 Å². The summed E-state index contributed by atoms with van der Waals surface area (Å²) in [5, 5.41) is 3.44. The Labute approximate surface area is 297 Å². The second-order valence-corrected chi connectivity index (χ2v) is 12.6. The molecule has 1 saturated heterocycles. The topological polar surface area (TPSA) is 128 Å². The standard InChI is InChI=1S/C36H42F5N7O4/c1-3-4-5-11-43-35-33-25(44-36(42)45-35)8-12-48(33)21-24-7-6-23(19-22(24)2)20-46-13-15-47(16-14-46)26(49)9-17-51-18-10-27(50)52-34-31(40)29(38)28(37)30(39)32(34)41/h6-8,12,19H,3-5,9-11,13-18,20-21H2,1-2H3,(H3,42,43,44,45). The monoisotopic (exact) mass is 731 g/mol. The third-order valence-corrected chi connectivity index (χ3v) is 8.88. The molecule has 2 aromatic heterocycles. The molecule has 0 spiro atoms. The maximum atomic E-state index is 13.7. The summed E-state index contributed by atoms with van der Waals surface area (Å²) in [4.78, 5) is 37.5. The molecule has 4 aromatic rings. The van der Waals surface area contributed by atoms with Gasteiger partial charge in [-0.25, -0.2) is 18.2 Å². The van der Waals surface area contributed by atoms with Crippen LogP contribution in [0.1, 0.15) is 55.7 Å². The minimum absolute atomic E-state index is 0.0306. The van der Waals surface area contributed by atoms with Gasteiger partial charge in [0.25, 0.3) is 0 Å². The van der Waals surface area contributed by atoms with Crippen molar-refractivity contribution >= 4 is 34.7 Å². The molecule has 1 fully saturated rings. The maximum absolute atomic E-state index is 13.7. The van der Waals surface area contributed by atoms with E-state index in [4.69, 9.17) is 10.5 Å². The summed E-state index contributed by atoms with van der Waals surface area (Å²) < 4.78 is 78.9. The summed E-state index contributed by atoms with van der Waals surface area (Å²) in [5.74, 6) is -13.4. The second-order valence-electron chi connectivity index (χ2n) is 12.6. The molecule has 0 bridgehead atoms. The number of hydrogen-bond acceptors (Lipinski definition) is 9. The van der Waals surface area contributed by atoms with Crippen molar-refractivity contribution in [2.24, 2.45) is 0 Å². The first-order valence-corrected chi connectivity index (χ1v) is 17.2. The normalized spacial score (nSPS) is 13.6. The number of carbonyl (C=O) groups is 2. The number of nitrogens with one attached hydrogen (secondary N) is 1.